The summed E-state index contributed by atoms with van der Waals surface area (Å²) in [5, 5.41) is 8.93. The van der Waals surface area contributed by atoms with Crippen molar-refractivity contribution < 1.29 is 35.8 Å². The molecule has 1 aliphatic heterocycles. The summed E-state index contributed by atoms with van der Waals surface area (Å²) in [5.74, 6) is 0.567. The smallest absolute Gasteiger partial charge is 0.417 e. The van der Waals surface area contributed by atoms with E-state index in [0.29, 0.717) is 62.7 Å². The number of thiocarbonyl (C=S) groups is 1. The summed E-state index contributed by atoms with van der Waals surface area (Å²) in [6, 6.07) is 7.32. The molecule has 2 aliphatic rings. The van der Waals surface area contributed by atoms with Crippen LogP contribution in [-0.4, -0.2) is 59.9 Å². The number of pyridine rings is 1. The molecule has 0 unspecified atom stereocenters. The molecule has 0 bridgehead atoms. The Bertz CT molecular complexity index is 1180. The molecule has 1 saturated heterocycles. The van der Waals surface area contributed by atoms with E-state index in [1.54, 1.807) is 6.07 Å². The van der Waals surface area contributed by atoms with Crippen LogP contribution < -0.4 is 9.64 Å². The zero-order valence-electron chi connectivity index (χ0n) is 20.8. The van der Waals surface area contributed by atoms with E-state index in [0.717, 1.165) is 24.4 Å². The summed E-state index contributed by atoms with van der Waals surface area (Å²) >= 11 is 5.53. The summed E-state index contributed by atoms with van der Waals surface area (Å²) in [6.07, 6.45) is -5.97. The van der Waals surface area contributed by atoms with Crippen LogP contribution in [0.2, 0.25) is 0 Å². The Hall–Kier alpha value is -3.11. The van der Waals surface area contributed by atoms with E-state index in [4.69, 9.17) is 27.0 Å². The molecule has 0 spiro atoms. The minimum absolute atomic E-state index is 0.0489. The third kappa shape index (κ3) is 7.51. The maximum absolute atomic E-state index is 13.2. The van der Waals surface area contributed by atoms with Crippen LogP contribution in [0.4, 0.5) is 32.2 Å². The van der Waals surface area contributed by atoms with Gasteiger partial charge in [0, 0.05) is 32.4 Å². The number of nitriles is 1. The normalized spacial score (nSPS) is 20.4. The molecule has 2 heterocycles. The Morgan fingerprint density at radius 2 is 1.62 bits per heavy atom. The molecule has 4 rings (SSSR count). The van der Waals surface area contributed by atoms with Crippen LogP contribution in [0, 0.1) is 11.3 Å². The highest BCUT2D eigenvalue weighted by molar-refractivity contribution is 7.80. The standard InChI is InChI=1S/C26H26F6N4O2S/c27-25(28,29)18-2-8-23(34-15-18)35-9-11-36(12-10-35)24(39)16-37-19-4-6-20(7-5-19)38-21-3-1-17(14-33)22(13-21)26(30,31)32/h1-3,8,13,15,19-20H,4-7,9-12,16H2. The number of ether oxygens (including phenoxy) is 2. The van der Waals surface area contributed by atoms with Crippen molar-refractivity contribution in [3.63, 3.8) is 0 Å². The number of anilines is 1. The third-order valence-corrected chi connectivity index (χ3v) is 7.19. The second kappa shape index (κ2) is 12.0. The quantitative estimate of drug-likeness (QED) is 0.318. The summed E-state index contributed by atoms with van der Waals surface area (Å²) < 4.78 is 89.6. The van der Waals surface area contributed by atoms with Crippen molar-refractivity contribution >= 4 is 23.0 Å². The Kier molecular flexibility index (Phi) is 8.86. The largest absolute Gasteiger partial charge is 0.490 e. The maximum atomic E-state index is 13.2. The molecule has 0 N–H and O–H groups in total. The number of alkyl halides is 6. The van der Waals surface area contributed by atoms with E-state index < -0.39 is 29.0 Å². The van der Waals surface area contributed by atoms with Crippen LogP contribution in [0.15, 0.2) is 36.5 Å². The van der Waals surface area contributed by atoms with Crippen molar-refractivity contribution in [1.29, 1.82) is 5.26 Å². The lowest BCUT2D eigenvalue weighted by atomic mass is 9.95. The molecule has 1 aromatic heterocycles. The van der Waals surface area contributed by atoms with Gasteiger partial charge in [0.1, 0.15) is 16.6 Å². The fourth-order valence-corrected chi connectivity index (χ4v) is 4.89. The van der Waals surface area contributed by atoms with Gasteiger partial charge in [-0.3, -0.25) is 0 Å². The first-order valence-corrected chi connectivity index (χ1v) is 12.8. The first kappa shape index (κ1) is 28.9. The molecule has 0 radical (unpaired) electrons. The Labute approximate surface area is 227 Å². The van der Waals surface area contributed by atoms with Crippen LogP contribution in [-0.2, 0) is 17.1 Å². The van der Waals surface area contributed by atoms with Gasteiger partial charge < -0.3 is 19.3 Å². The predicted molar refractivity (Wildman–Crippen MR) is 134 cm³/mol. The summed E-state index contributed by atoms with van der Waals surface area (Å²) in [6.45, 7) is 2.57. The highest BCUT2D eigenvalue weighted by atomic mass is 32.1. The lowest BCUT2D eigenvalue weighted by molar-refractivity contribution is -0.138. The second-order valence-corrected chi connectivity index (χ2v) is 9.89. The van der Waals surface area contributed by atoms with Crippen LogP contribution in [0.5, 0.6) is 5.75 Å². The highest BCUT2D eigenvalue weighted by Crippen LogP contribution is 2.35. The van der Waals surface area contributed by atoms with Crippen molar-refractivity contribution in [2.75, 3.05) is 37.7 Å². The minimum Gasteiger partial charge on any atom is -0.490 e. The highest BCUT2D eigenvalue weighted by Gasteiger charge is 2.35. The monoisotopic (exact) mass is 572 g/mol. The molecule has 1 aromatic carbocycles. The fourth-order valence-electron chi connectivity index (χ4n) is 4.64. The molecular weight excluding hydrogens is 546 g/mol. The molecular formula is C26H26F6N4O2S. The first-order valence-electron chi connectivity index (χ1n) is 12.4. The zero-order chi connectivity index (χ0) is 28.2. The number of halogens is 6. The maximum Gasteiger partial charge on any atom is 0.417 e. The first-order chi connectivity index (χ1) is 18.4. The molecule has 39 heavy (non-hydrogen) atoms. The number of rotatable bonds is 6. The van der Waals surface area contributed by atoms with Gasteiger partial charge >= 0.3 is 12.4 Å². The Morgan fingerprint density at radius 1 is 0.949 bits per heavy atom. The molecule has 0 amide bonds. The van der Waals surface area contributed by atoms with Crippen LogP contribution in [0.3, 0.4) is 0 Å². The van der Waals surface area contributed by atoms with Gasteiger partial charge in [0.2, 0.25) is 0 Å². The predicted octanol–water partition coefficient (Wildman–Crippen LogP) is 5.85. The van der Waals surface area contributed by atoms with Gasteiger partial charge in [-0.05, 0) is 56.0 Å². The van der Waals surface area contributed by atoms with Gasteiger partial charge in [0.15, 0.2) is 0 Å². The van der Waals surface area contributed by atoms with Crippen molar-refractivity contribution in [2.45, 2.75) is 50.2 Å². The molecule has 0 atom stereocenters. The van der Waals surface area contributed by atoms with Crippen molar-refractivity contribution in [1.82, 2.24) is 9.88 Å². The van der Waals surface area contributed by atoms with Crippen molar-refractivity contribution in [3.05, 3.63) is 53.2 Å². The van der Waals surface area contributed by atoms with E-state index in [-0.39, 0.29) is 24.6 Å². The topological polar surface area (TPSA) is 61.6 Å². The average Bonchev–Trinajstić information content (AvgIpc) is 2.91. The van der Waals surface area contributed by atoms with E-state index in [1.807, 2.05) is 9.80 Å². The van der Waals surface area contributed by atoms with Crippen molar-refractivity contribution in [2.24, 2.45) is 0 Å². The van der Waals surface area contributed by atoms with Crippen LogP contribution in [0.1, 0.15) is 42.4 Å². The third-order valence-electron chi connectivity index (χ3n) is 6.81. The fraction of sp³-hybridized carbons (Fsp3) is 0.500. The van der Waals surface area contributed by atoms with Gasteiger partial charge in [-0.25, -0.2) is 4.98 Å². The Balaban J connectivity index is 1.18. The summed E-state index contributed by atoms with van der Waals surface area (Å²) in [4.78, 5) is 8.51. The summed E-state index contributed by atoms with van der Waals surface area (Å²) in [7, 11) is 0. The number of nitrogens with zero attached hydrogens (tertiary/aromatic N) is 4. The lowest BCUT2D eigenvalue weighted by Gasteiger charge is -2.37. The van der Waals surface area contributed by atoms with Gasteiger partial charge in [-0.15, -0.1) is 0 Å². The minimum atomic E-state index is -4.64. The van der Waals surface area contributed by atoms with Crippen LogP contribution in [0.25, 0.3) is 0 Å². The van der Waals surface area contributed by atoms with E-state index >= 15 is 0 Å². The molecule has 6 nitrogen and oxygen atoms in total. The van der Waals surface area contributed by atoms with Gasteiger partial charge in [0.25, 0.3) is 0 Å². The van der Waals surface area contributed by atoms with Gasteiger partial charge in [0.05, 0.1) is 41.6 Å². The number of hydrogen-bond donors (Lipinski definition) is 0. The van der Waals surface area contributed by atoms with Crippen molar-refractivity contribution in [3.8, 4) is 11.8 Å². The molecule has 1 saturated carbocycles. The summed E-state index contributed by atoms with van der Waals surface area (Å²) in [5.41, 5.74) is -2.24. The van der Waals surface area contributed by atoms with E-state index in [2.05, 4.69) is 4.98 Å². The second-order valence-electron chi connectivity index (χ2n) is 9.42. The van der Waals surface area contributed by atoms with E-state index in [1.165, 1.54) is 12.1 Å². The number of piperazine rings is 1. The van der Waals surface area contributed by atoms with Crippen LogP contribution >= 0.6 is 12.2 Å². The zero-order valence-corrected chi connectivity index (χ0v) is 21.6. The number of benzene rings is 1. The SMILES string of the molecule is N#Cc1ccc(OC2CCC(OCC(=S)N3CCN(c4ccc(C(F)(F)F)cn4)CC3)CC2)cc1C(F)(F)F. The molecule has 1 aliphatic carbocycles. The van der Waals surface area contributed by atoms with Gasteiger partial charge in [-0.1, -0.05) is 12.2 Å². The van der Waals surface area contributed by atoms with Gasteiger partial charge in [-0.2, -0.15) is 31.6 Å². The molecule has 2 aromatic rings. The number of aromatic nitrogens is 1. The lowest BCUT2D eigenvalue weighted by Crippen LogP contribution is -2.49. The molecule has 13 heteroatoms. The molecule has 2 fully saturated rings. The number of hydrogen-bond acceptors (Lipinski definition) is 6. The molecule has 210 valence electrons. The average molecular weight is 573 g/mol. The van der Waals surface area contributed by atoms with E-state index in [9.17, 15) is 26.3 Å². The Morgan fingerprint density at radius 3 is 2.18 bits per heavy atom.